The Balaban J connectivity index is 2.02. The molecule has 1 aliphatic carbocycles. The molecule has 0 atom stereocenters. The Morgan fingerprint density at radius 2 is 1.52 bits per heavy atom. The van der Waals surface area contributed by atoms with Gasteiger partial charge in [0.15, 0.2) is 0 Å². The fraction of sp³-hybridized carbons (Fsp3) is 0.562. The van der Waals surface area contributed by atoms with E-state index in [2.05, 4.69) is 6.92 Å². The van der Waals surface area contributed by atoms with Crippen molar-refractivity contribution in [2.24, 2.45) is 11.8 Å². The van der Waals surface area contributed by atoms with Gasteiger partial charge < -0.3 is 4.74 Å². The number of ether oxygens (including phenoxy) is 1. The van der Waals surface area contributed by atoms with Crippen LogP contribution in [0.2, 0.25) is 0 Å². The van der Waals surface area contributed by atoms with Crippen LogP contribution < -0.4 is 4.74 Å². The third-order valence-corrected chi connectivity index (χ3v) is 4.14. The highest BCUT2D eigenvalue weighted by Crippen LogP contribution is 2.44. The van der Waals surface area contributed by atoms with Crippen LogP contribution in [-0.2, 0) is 10.7 Å². The van der Waals surface area contributed by atoms with Crippen LogP contribution in [0.25, 0.3) is 0 Å². The first-order valence-electron chi connectivity index (χ1n) is 7.38. The normalized spacial score (nSPS) is 22.7. The van der Waals surface area contributed by atoms with Crippen LogP contribution in [-0.4, -0.2) is 12.1 Å². The number of hydrogen-bond donors (Lipinski definition) is 0. The second-order valence-electron chi connectivity index (χ2n) is 5.97. The SMILES string of the molecule is CC1CCC(C(=O)Oc2ccc(C(F)(F)C(F)(F)F)cc2)CC1. The van der Waals surface area contributed by atoms with Crippen LogP contribution in [0.1, 0.15) is 38.2 Å². The molecule has 1 aromatic carbocycles. The highest BCUT2D eigenvalue weighted by atomic mass is 19.4. The first-order chi connectivity index (χ1) is 10.6. The number of rotatable bonds is 3. The number of esters is 1. The summed E-state index contributed by atoms with van der Waals surface area (Å²) in [6, 6.07) is 3.16. The minimum atomic E-state index is -5.66. The second kappa shape index (κ2) is 6.45. The smallest absolute Gasteiger partial charge is 0.426 e. The first kappa shape index (κ1) is 17.7. The van der Waals surface area contributed by atoms with Crippen molar-refractivity contribution < 1.29 is 31.5 Å². The van der Waals surface area contributed by atoms with Crippen molar-refractivity contribution in [3.63, 3.8) is 0 Å². The predicted molar refractivity (Wildman–Crippen MR) is 73.1 cm³/mol. The molecule has 0 bridgehead atoms. The molecule has 23 heavy (non-hydrogen) atoms. The molecule has 0 saturated heterocycles. The van der Waals surface area contributed by atoms with Gasteiger partial charge in [0.05, 0.1) is 5.92 Å². The van der Waals surface area contributed by atoms with Crippen molar-refractivity contribution in [1.82, 2.24) is 0 Å². The van der Waals surface area contributed by atoms with Crippen molar-refractivity contribution >= 4 is 5.97 Å². The van der Waals surface area contributed by atoms with Crippen molar-refractivity contribution in [3.8, 4) is 5.75 Å². The van der Waals surface area contributed by atoms with Crippen molar-refractivity contribution in [2.75, 3.05) is 0 Å². The molecule has 0 N–H and O–H groups in total. The molecule has 7 heteroatoms. The molecule has 0 heterocycles. The number of hydrogen-bond acceptors (Lipinski definition) is 2. The summed E-state index contributed by atoms with van der Waals surface area (Å²) in [5.41, 5.74) is -1.18. The monoisotopic (exact) mass is 336 g/mol. The van der Waals surface area contributed by atoms with Gasteiger partial charge in [-0.05, 0) is 55.9 Å². The lowest BCUT2D eigenvalue weighted by Gasteiger charge is -2.24. The minimum Gasteiger partial charge on any atom is -0.426 e. The fourth-order valence-corrected chi connectivity index (χ4v) is 2.59. The molecule has 0 spiro atoms. The average Bonchev–Trinajstić information content (AvgIpc) is 2.47. The Labute approximate surface area is 130 Å². The van der Waals surface area contributed by atoms with Gasteiger partial charge in [-0.1, -0.05) is 6.92 Å². The van der Waals surface area contributed by atoms with E-state index in [4.69, 9.17) is 4.74 Å². The van der Waals surface area contributed by atoms with Crippen molar-refractivity contribution in [2.45, 2.75) is 44.7 Å². The van der Waals surface area contributed by atoms with E-state index in [0.717, 1.165) is 25.0 Å². The highest BCUT2D eigenvalue weighted by molar-refractivity contribution is 5.75. The van der Waals surface area contributed by atoms with Crippen molar-refractivity contribution in [3.05, 3.63) is 29.8 Å². The average molecular weight is 336 g/mol. The molecule has 1 saturated carbocycles. The van der Waals surface area contributed by atoms with Crippen LogP contribution in [0, 0.1) is 11.8 Å². The molecular weight excluding hydrogens is 319 g/mol. The van der Waals surface area contributed by atoms with Gasteiger partial charge in [0.1, 0.15) is 5.75 Å². The molecular formula is C16H17F5O2. The van der Waals surface area contributed by atoms with Gasteiger partial charge in [-0.25, -0.2) is 0 Å². The quantitative estimate of drug-likeness (QED) is 0.437. The number of carbonyl (C=O) groups excluding carboxylic acids is 1. The van der Waals surface area contributed by atoms with Gasteiger partial charge in [0.25, 0.3) is 0 Å². The van der Waals surface area contributed by atoms with Crippen LogP contribution in [0.15, 0.2) is 24.3 Å². The third-order valence-electron chi connectivity index (χ3n) is 4.14. The second-order valence-corrected chi connectivity index (χ2v) is 5.97. The lowest BCUT2D eigenvalue weighted by Crippen LogP contribution is -2.33. The minimum absolute atomic E-state index is 0.0321. The van der Waals surface area contributed by atoms with E-state index in [1.807, 2.05) is 0 Å². The van der Waals surface area contributed by atoms with E-state index < -0.39 is 23.6 Å². The Bertz CT molecular complexity index is 543. The van der Waals surface area contributed by atoms with E-state index in [1.165, 1.54) is 0 Å². The van der Waals surface area contributed by atoms with E-state index in [9.17, 15) is 26.7 Å². The number of alkyl halides is 5. The molecule has 128 valence electrons. The van der Waals surface area contributed by atoms with Crippen molar-refractivity contribution in [1.29, 1.82) is 0 Å². The molecule has 0 unspecified atom stereocenters. The summed E-state index contributed by atoms with van der Waals surface area (Å²) >= 11 is 0. The summed E-state index contributed by atoms with van der Waals surface area (Å²) in [7, 11) is 0. The summed E-state index contributed by atoms with van der Waals surface area (Å²) in [6.07, 6.45) is -2.44. The third kappa shape index (κ3) is 4.00. The molecule has 0 aromatic heterocycles. The molecule has 0 amide bonds. The first-order valence-corrected chi connectivity index (χ1v) is 7.38. The molecule has 0 aliphatic heterocycles. The molecule has 1 aliphatic rings. The summed E-state index contributed by atoms with van der Waals surface area (Å²) in [5, 5.41) is 0. The largest absolute Gasteiger partial charge is 0.458 e. The number of benzene rings is 1. The maximum atomic E-state index is 13.2. The highest BCUT2D eigenvalue weighted by Gasteiger charge is 2.58. The molecule has 1 aromatic rings. The predicted octanol–water partition coefficient (Wildman–Crippen LogP) is 5.07. The zero-order chi connectivity index (χ0) is 17.3. The summed E-state index contributed by atoms with van der Waals surface area (Å²) in [4.78, 5) is 12.0. The van der Waals surface area contributed by atoms with Gasteiger partial charge in [0, 0.05) is 5.56 Å². The summed E-state index contributed by atoms with van der Waals surface area (Å²) in [5.74, 6) is -5.12. The van der Waals surface area contributed by atoms with E-state index in [0.29, 0.717) is 30.9 Å². The zero-order valence-corrected chi connectivity index (χ0v) is 12.5. The van der Waals surface area contributed by atoms with Gasteiger partial charge in [-0.2, -0.15) is 22.0 Å². The van der Waals surface area contributed by atoms with E-state index in [-0.39, 0.29) is 11.7 Å². The Morgan fingerprint density at radius 1 is 1.00 bits per heavy atom. The lowest BCUT2D eigenvalue weighted by atomic mass is 9.83. The van der Waals surface area contributed by atoms with Gasteiger partial charge >= 0.3 is 18.1 Å². The molecule has 2 rings (SSSR count). The molecule has 1 fully saturated rings. The van der Waals surface area contributed by atoms with Crippen LogP contribution >= 0.6 is 0 Å². The summed E-state index contributed by atoms with van der Waals surface area (Å²) in [6.45, 7) is 2.10. The number of halogens is 5. The van der Waals surface area contributed by atoms with E-state index >= 15 is 0 Å². The Morgan fingerprint density at radius 3 is 2.00 bits per heavy atom. The zero-order valence-electron chi connectivity index (χ0n) is 12.5. The van der Waals surface area contributed by atoms with E-state index in [1.54, 1.807) is 0 Å². The standard InChI is InChI=1S/C16H17F5O2/c1-10-2-4-11(5-3-10)14(22)23-13-8-6-12(7-9-13)15(17,18)16(19,20)21/h6-11H,2-5H2,1H3. The van der Waals surface area contributed by atoms with Gasteiger partial charge in [-0.3, -0.25) is 4.79 Å². The lowest BCUT2D eigenvalue weighted by molar-refractivity contribution is -0.289. The van der Waals surface area contributed by atoms with Crippen LogP contribution in [0.5, 0.6) is 5.75 Å². The summed E-state index contributed by atoms with van der Waals surface area (Å²) < 4.78 is 68.2. The topological polar surface area (TPSA) is 26.3 Å². The van der Waals surface area contributed by atoms with Gasteiger partial charge in [-0.15, -0.1) is 0 Å². The maximum absolute atomic E-state index is 13.2. The molecule has 0 radical (unpaired) electrons. The molecule has 2 nitrogen and oxygen atoms in total. The van der Waals surface area contributed by atoms with Crippen LogP contribution in [0.4, 0.5) is 22.0 Å². The maximum Gasteiger partial charge on any atom is 0.458 e. The number of carbonyl (C=O) groups is 1. The van der Waals surface area contributed by atoms with Gasteiger partial charge in [0.2, 0.25) is 0 Å². The Kier molecular flexibility index (Phi) is 4.96. The van der Waals surface area contributed by atoms with Crippen LogP contribution in [0.3, 0.4) is 0 Å². The Hall–Kier alpha value is -1.66. The fourth-order valence-electron chi connectivity index (χ4n) is 2.59.